The second-order valence-electron chi connectivity index (χ2n) is 4.72. The Morgan fingerprint density at radius 3 is 2.35 bits per heavy atom. The van der Waals surface area contributed by atoms with Crippen LogP contribution in [-0.2, 0) is 10.0 Å². The first-order valence-corrected chi connectivity index (χ1v) is 8.21. The number of hydrogen-bond acceptors (Lipinski definition) is 3. The van der Waals surface area contributed by atoms with Crippen LogP contribution >= 0.6 is 0 Å². The monoisotopic (exact) mass is 303 g/mol. The van der Waals surface area contributed by atoms with Gasteiger partial charge >= 0.3 is 0 Å². The smallest absolute Gasteiger partial charge is 0.243 e. The zero-order valence-corrected chi connectivity index (χ0v) is 13.0. The highest BCUT2D eigenvalue weighted by molar-refractivity contribution is 7.89. The van der Waals surface area contributed by atoms with E-state index in [0.29, 0.717) is 18.4 Å². The molecule has 1 N–H and O–H groups in total. The van der Waals surface area contributed by atoms with E-state index in [-0.39, 0.29) is 24.1 Å². The molecule has 0 aliphatic carbocycles. The fourth-order valence-corrected chi connectivity index (χ4v) is 4.29. The van der Waals surface area contributed by atoms with Gasteiger partial charge in [0.15, 0.2) is 0 Å². The Bertz CT molecular complexity index is 541. The molecule has 1 aromatic rings. The first-order valence-electron chi connectivity index (χ1n) is 6.77. The Hall–Kier alpha value is -0.980. The van der Waals surface area contributed by atoms with Crippen molar-refractivity contribution in [2.75, 3.05) is 13.2 Å². The van der Waals surface area contributed by atoms with Crippen molar-refractivity contribution >= 4 is 10.0 Å². The van der Waals surface area contributed by atoms with Gasteiger partial charge in [0, 0.05) is 12.6 Å². The van der Waals surface area contributed by atoms with Crippen LogP contribution in [0.15, 0.2) is 23.1 Å². The summed E-state index contributed by atoms with van der Waals surface area (Å²) >= 11 is 0. The van der Waals surface area contributed by atoms with E-state index in [9.17, 15) is 12.8 Å². The van der Waals surface area contributed by atoms with Crippen molar-refractivity contribution in [3.05, 3.63) is 29.6 Å². The highest BCUT2D eigenvalue weighted by atomic mass is 32.2. The molecule has 20 heavy (non-hydrogen) atoms. The van der Waals surface area contributed by atoms with Gasteiger partial charge in [-0.2, -0.15) is 4.31 Å². The van der Waals surface area contributed by atoms with Crippen LogP contribution in [0.3, 0.4) is 0 Å². The molecule has 0 amide bonds. The summed E-state index contributed by atoms with van der Waals surface area (Å²) in [6.07, 6.45) is 1.33. The van der Waals surface area contributed by atoms with Gasteiger partial charge in [-0.3, -0.25) is 0 Å². The minimum absolute atomic E-state index is 0.0471. The van der Waals surface area contributed by atoms with Crippen LogP contribution in [0.5, 0.6) is 0 Å². The van der Waals surface area contributed by atoms with Crippen molar-refractivity contribution in [3.63, 3.8) is 0 Å². The van der Waals surface area contributed by atoms with E-state index in [2.05, 4.69) is 0 Å². The van der Waals surface area contributed by atoms with E-state index >= 15 is 0 Å². The molecule has 114 valence electrons. The van der Waals surface area contributed by atoms with Gasteiger partial charge in [-0.05, 0) is 43.5 Å². The van der Waals surface area contributed by atoms with Crippen LogP contribution in [-0.4, -0.2) is 37.0 Å². The number of benzene rings is 1. The van der Waals surface area contributed by atoms with Crippen molar-refractivity contribution in [1.82, 2.24) is 4.31 Å². The number of aliphatic hydroxyl groups is 1. The Morgan fingerprint density at radius 1 is 1.30 bits per heavy atom. The molecule has 1 aromatic carbocycles. The van der Waals surface area contributed by atoms with E-state index in [0.717, 1.165) is 6.07 Å². The van der Waals surface area contributed by atoms with Gasteiger partial charge in [-0.15, -0.1) is 0 Å². The highest BCUT2D eigenvalue weighted by Crippen LogP contribution is 2.24. The molecule has 0 unspecified atom stereocenters. The largest absolute Gasteiger partial charge is 0.395 e. The van der Waals surface area contributed by atoms with Crippen LogP contribution in [0.1, 0.15) is 32.3 Å². The predicted octanol–water partition coefficient (Wildman–Crippen LogP) is 2.31. The number of hydrogen-bond donors (Lipinski definition) is 1. The van der Waals surface area contributed by atoms with Crippen LogP contribution < -0.4 is 0 Å². The SMILES string of the molecule is CCC(CC)N(CCO)S(=O)(=O)c1ccc(F)cc1C. The first kappa shape index (κ1) is 17.1. The lowest BCUT2D eigenvalue weighted by Gasteiger charge is -2.29. The molecular formula is C14H22FNO3S. The lowest BCUT2D eigenvalue weighted by atomic mass is 10.2. The van der Waals surface area contributed by atoms with Gasteiger partial charge in [-0.25, -0.2) is 12.8 Å². The van der Waals surface area contributed by atoms with Crippen molar-refractivity contribution in [2.24, 2.45) is 0 Å². The summed E-state index contributed by atoms with van der Waals surface area (Å²) in [6, 6.07) is 3.46. The zero-order valence-electron chi connectivity index (χ0n) is 12.1. The molecule has 0 saturated heterocycles. The summed E-state index contributed by atoms with van der Waals surface area (Å²) in [6.45, 7) is 5.19. The van der Waals surface area contributed by atoms with Crippen LogP contribution in [0.25, 0.3) is 0 Å². The van der Waals surface area contributed by atoms with Gasteiger partial charge in [0.25, 0.3) is 0 Å². The number of aryl methyl sites for hydroxylation is 1. The Labute approximate surface area is 120 Å². The van der Waals surface area contributed by atoms with E-state index in [1.54, 1.807) is 6.92 Å². The molecule has 0 bridgehead atoms. The van der Waals surface area contributed by atoms with Crippen LogP contribution in [0.4, 0.5) is 4.39 Å². The third-order valence-corrected chi connectivity index (χ3v) is 5.51. The van der Waals surface area contributed by atoms with E-state index in [1.165, 1.54) is 16.4 Å². The maximum atomic E-state index is 13.1. The summed E-state index contributed by atoms with van der Waals surface area (Å²) in [7, 11) is -3.73. The van der Waals surface area contributed by atoms with Gasteiger partial charge in [-0.1, -0.05) is 13.8 Å². The topological polar surface area (TPSA) is 57.6 Å². The molecule has 0 aliphatic heterocycles. The van der Waals surface area contributed by atoms with Gasteiger partial charge in [0.05, 0.1) is 11.5 Å². The van der Waals surface area contributed by atoms with Crippen molar-refractivity contribution in [2.45, 2.75) is 44.6 Å². The lowest BCUT2D eigenvalue weighted by molar-refractivity contribution is 0.219. The van der Waals surface area contributed by atoms with Crippen molar-refractivity contribution < 1.29 is 17.9 Å². The van der Waals surface area contributed by atoms with Gasteiger partial charge < -0.3 is 5.11 Å². The van der Waals surface area contributed by atoms with E-state index in [4.69, 9.17) is 5.11 Å². The minimum atomic E-state index is -3.73. The molecule has 0 heterocycles. The summed E-state index contributed by atoms with van der Waals surface area (Å²) < 4.78 is 39.9. The van der Waals surface area contributed by atoms with E-state index in [1.807, 2.05) is 13.8 Å². The summed E-state index contributed by atoms with van der Waals surface area (Å²) in [5.41, 5.74) is 0.374. The van der Waals surface area contributed by atoms with Crippen molar-refractivity contribution in [1.29, 1.82) is 0 Å². The number of halogens is 1. The minimum Gasteiger partial charge on any atom is -0.395 e. The number of aliphatic hydroxyl groups excluding tert-OH is 1. The van der Waals surface area contributed by atoms with E-state index < -0.39 is 15.8 Å². The molecule has 0 aliphatic rings. The van der Waals surface area contributed by atoms with Crippen LogP contribution in [0.2, 0.25) is 0 Å². The number of rotatable bonds is 7. The lowest BCUT2D eigenvalue weighted by Crippen LogP contribution is -2.41. The molecular weight excluding hydrogens is 281 g/mol. The van der Waals surface area contributed by atoms with Crippen LogP contribution in [0, 0.1) is 12.7 Å². The maximum absolute atomic E-state index is 13.1. The third kappa shape index (κ3) is 3.56. The average Bonchev–Trinajstić information content (AvgIpc) is 2.38. The Balaban J connectivity index is 3.28. The maximum Gasteiger partial charge on any atom is 0.243 e. The number of nitrogens with zero attached hydrogens (tertiary/aromatic N) is 1. The molecule has 6 heteroatoms. The molecule has 0 atom stereocenters. The molecule has 0 radical (unpaired) electrons. The van der Waals surface area contributed by atoms with Gasteiger partial charge in [0.2, 0.25) is 10.0 Å². The fraction of sp³-hybridized carbons (Fsp3) is 0.571. The predicted molar refractivity (Wildman–Crippen MR) is 76.5 cm³/mol. The Morgan fingerprint density at radius 2 is 1.90 bits per heavy atom. The van der Waals surface area contributed by atoms with Gasteiger partial charge in [0.1, 0.15) is 5.82 Å². The quantitative estimate of drug-likeness (QED) is 0.841. The Kier molecular flexibility index (Phi) is 6.10. The second-order valence-corrected chi connectivity index (χ2v) is 6.58. The summed E-state index contributed by atoms with van der Waals surface area (Å²) in [5, 5.41) is 9.13. The summed E-state index contributed by atoms with van der Waals surface area (Å²) in [4.78, 5) is 0.0965. The zero-order chi connectivity index (χ0) is 15.3. The molecule has 0 spiro atoms. The summed E-state index contributed by atoms with van der Waals surface area (Å²) in [5.74, 6) is -0.460. The average molecular weight is 303 g/mol. The molecule has 1 rings (SSSR count). The fourth-order valence-electron chi connectivity index (χ4n) is 2.32. The normalized spacial score (nSPS) is 12.3. The third-order valence-electron chi connectivity index (χ3n) is 3.39. The molecule has 0 fully saturated rings. The first-order chi connectivity index (χ1) is 9.38. The standard InChI is InChI=1S/C14H22FNO3S/c1-4-13(5-2)16(8-9-17)20(18,19)14-7-6-12(15)10-11(14)3/h6-7,10,13,17H,4-5,8-9H2,1-3H3. The second kappa shape index (κ2) is 7.15. The van der Waals surface area contributed by atoms with Crippen molar-refractivity contribution in [3.8, 4) is 0 Å². The molecule has 0 aromatic heterocycles. The highest BCUT2D eigenvalue weighted by Gasteiger charge is 2.30. The molecule has 4 nitrogen and oxygen atoms in total. The number of sulfonamides is 1. The molecule has 0 saturated carbocycles.